The van der Waals surface area contributed by atoms with Gasteiger partial charge in [-0.1, -0.05) is 18.2 Å². The van der Waals surface area contributed by atoms with Gasteiger partial charge in [-0.3, -0.25) is 14.3 Å². The molecule has 132 valence electrons. The van der Waals surface area contributed by atoms with Gasteiger partial charge in [-0.25, -0.2) is 4.52 Å². The van der Waals surface area contributed by atoms with Gasteiger partial charge in [-0.15, -0.1) is 11.3 Å². The van der Waals surface area contributed by atoms with Crippen LogP contribution >= 0.6 is 11.3 Å². The first-order chi connectivity index (χ1) is 12.6. The number of para-hydroxylation sites is 1. The molecule has 3 heterocycles. The second kappa shape index (κ2) is 6.42. The van der Waals surface area contributed by atoms with E-state index in [4.69, 9.17) is 0 Å². The number of nitrogens with zero attached hydrogens (tertiary/aromatic N) is 3. The number of benzene rings is 1. The molecule has 1 aromatic carbocycles. The molecule has 1 N–H and O–H groups in total. The minimum Gasteiger partial charge on any atom is -0.349 e. The van der Waals surface area contributed by atoms with Crippen LogP contribution in [0.15, 0.2) is 52.6 Å². The highest BCUT2D eigenvalue weighted by Gasteiger charge is 2.22. The van der Waals surface area contributed by atoms with Crippen molar-refractivity contribution in [2.45, 2.75) is 26.4 Å². The summed E-state index contributed by atoms with van der Waals surface area (Å²) in [6, 6.07) is 12.7. The molecule has 0 radical (unpaired) electrons. The van der Waals surface area contributed by atoms with Crippen LogP contribution in [0.2, 0.25) is 0 Å². The number of aromatic nitrogens is 3. The summed E-state index contributed by atoms with van der Waals surface area (Å²) in [4.78, 5) is 29.9. The molecular formula is C19H18N4O2S. The third-order valence-corrected chi connectivity index (χ3v) is 5.33. The maximum atomic E-state index is 12.8. The predicted octanol–water partition coefficient (Wildman–Crippen LogP) is 2.90. The summed E-state index contributed by atoms with van der Waals surface area (Å²) in [6.45, 7) is 4.21. The number of carbonyl (C=O) groups is 1. The lowest BCUT2D eigenvalue weighted by Crippen LogP contribution is -2.32. The van der Waals surface area contributed by atoms with E-state index in [1.165, 1.54) is 6.07 Å². The van der Waals surface area contributed by atoms with Gasteiger partial charge in [0.25, 0.3) is 5.56 Å². The highest BCUT2D eigenvalue weighted by Crippen LogP contribution is 2.25. The van der Waals surface area contributed by atoms with Gasteiger partial charge in [0.2, 0.25) is 5.91 Å². The van der Waals surface area contributed by atoms with Crippen LogP contribution in [0.25, 0.3) is 16.6 Å². The van der Waals surface area contributed by atoms with Crippen molar-refractivity contribution in [1.82, 2.24) is 19.5 Å². The number of carbonyl (C=O) groups excluding carboxylic acids is 1. The Hall–Kier alpha value is -2.93. The number of hydrogen-bond acceptors (Lipinski definition) is 4. The van der Waals surface area contributed by atoms with Gasteiger partial charge in [-0.2, -0.15) is 4.98 Å². The molecule has 0 saturated heterocycles. The summed E-state index contributed by atoms with van der Waals surface area (Å²) in [6.07, 6.45) is 0. The lowest BCUT2D eigenvalue weighted by molar-refractivity contribution is -0.124. The molecule has 26 heavy (non-hydrogen) atoms. The molecular weight excluding hydrogens is 348 g/mol. The Kier molecular flexibility index (Phi) is 4.08. The Labute approximate surface area is 153 Å². The largest absolute Gasteiger partial charge is 0.349 e. The van der Waals surface area contributed by atoms with E-state index in [2.05, 4.69) is 10.3 Å². The van der Waals surface area contributed by atoms with Gasteiger partial charge in [0.15, 0.2) is 5.65 Å². The minimum absolute atomic E-state index is 0.0841. The van der Waals surface area contributed by atoms with Crippen molar-refractivity contribution in [3.63, 3.8) is 0 Å². The van der Waals surface area contributed by atoms with E-state index in [-0.39, 0.29) is 11.5 Å². The Morgan fingerprint density at radius 3 is 2.85 bits per heavy atom. The molecule has 0 saturated carbocycles. The van der Waals surface area contributed by atoms with E-state index in [1.807, 2.05) is 64.8 Å². The van der Waals surface area contributed by atoms with E-state index in [0.29, 0.717) is 12.2 Å². The van der Waals surface area contributed by atoms with Crippen LogP contribution in [-0.4, -0.2) is 20.1 Å². The lowest BCUT2D eigenvalue weighted by atomic mass is 10.2. The van der Waals surface area contributed by atoms with Crippen LogP contribution in [0.4, 0.5) is 0 Å². The summed E-state index contributed by atoms with van der Waals surface area (Å²) in [5, 5.41) is 5.83. The number of nitrogens with one attached hydrogen (secondary N) is 1. The maximum absolute atomic E-state index is 12.8. The summed E-state index contributed by atoms with van der Waals surface area (Å²) in [5.41, 5.74) is 1.91. The zero-order valence-corrected chi connectivity index (χ0v) is 15.3. The fourth-order valence-electron chi connectivity index (χ4n) is 3.24. The molecule has 0 unspecified atom stereocenters. The Morgan fingerprint density at radius 2 is 2.08 bits per heavy atom. The van der Waals surface area contributed by atoms with Gasteiger partial charge in [0.1, 0.15) is 6.04 Å². The number of rotatable bonds is 4. The molecule has 4 rings (SSSR count). The molecule has 6 nitrogen and oxygen atoms in total. The van der Waals surface area contributed by atoms with Crippen molar-refractivity contribution < 1.29 is 4.79 Å². The highest BCUT2D eigenvalue weighted by atomic mass is 32.1. The Morgan fingerprint density at radius 1 is 1.27 bits per heavy atom. The van der Waals surface area contributed by atoms with Crippen molar-refractivity contribution in [3.05, 3.63) is 68.8 Å². The molecule has 0 aliphatic carbocycles. The van der Waals surface area contributed by atoms with Gasteiger partial charge < -0.3 is 5.32 Å². The molecule has 1 atom stereocenters. The topological polar surface area (TPSA) is 68.4 Å². The molecule has 0 spiro atoms. The fourth-order valence-corrected chi connectivity index (χ4v) is 3.88. The third-order valence-electron chi connectivity index (χ3n) is 4.45. The Balaban J connectivity index is 1.81. The van der Waals surface area contributed by atoms with Crippen molar-refractivity contribution >= 4 is 33.8 Å². The quantitative estimate of drug-likeness (QED) is 0.604. The van der Waals surface area contributed by atoms with Crippen LogP contribution in [0.1, 0.15) is 23.5 Å². The zero-order chi connectivity index (χ0) is 18.3. The van der Waals surface area contributed by atoms with Crippen LogP contribution in [-0.2, 0) is 11.3 Å². The van der Waals surface area contributed by atoms with Gasteiger partial charge in [0, 0.05) is 22.0 Å². The molecule has 0 aliphatic heterocycles. The molecule has 1 amide bonds. The minimum atomic E-state index is -0.458. The predicted molar refractivity (Wildman–Crippen MR) is 103 cm³/mol. The number of aryl methyl sites for hydroxylation is 1. The third kappa shape index (κ3) is 2.70. The highest BCUT2D eigenvalue weighted by molar-refractivity contribution is 7.09. The molecule has 0 bridgehead atoms. The van der Waals surface area contributed by atoms with Crippen LogP contribution in [0, 0.1) is 6.92 Å². The standard InChI is InChI=1S/C19H18N4O2S/c1-12-10-17(24)21-18-15-7-3-4-8-16(15)23(22(12)18)13(2)19(25)20-11-14-6-5-9-26-14/h3-10,13H,11H2,1-2H3,(H,20,25)/t13-/m1/s1. The van der Waals surface area contributed by atoms with E-state index in [0.717, 1.165) is 21.5 Å². The maximum Gasteiger partial charge on any atom is 0.273 e. The lowest BCUT2D eigenvalue weighted by Gasteiger charge is -2.18. The van der Waals surface area contributed by atoms with Gasteiger partial charge in [0.05, 0.1) is 12.1 Å². The van der Waals surface area contributed by atoms with Crippen LogP contribution in [0.3, 0.4) is 0 Å². The summed E-state index contributed by atoms with van der Waals surface area (Å²) < 4.78 is 3.75. The molecule has 4 aromatic rings. The first-order valence-electron chi connectivity index (χ1n) is 8.36. The zero-order valence-electron chi connectivity index (χ0n) is 14.5. The average Bonchev–Trinajstić information content (AvgIpc) is 3.25. The molecule has 0 fully saturated rings. The second-order valence-electron chi connectivity index (χ2n) is 6.21. The monoisotopic (exact) mass is 366 g/mol. The second-order valence-corrected chi connectivity index (χ2v) is 7.24. The number of fused-ring (bicyclic) bond motifs is 3. The van der Waals surface area contributed by atoms with Crippen molar-refractivity contribution in [2.24, 2.45) is 0 Å². The van der Waals surface area contributed by atoms with E-state index < -0.39 is 6.04 Å². The average molecular weight is 366 g/mol. The first-order valence-corrected chi connectivity index (χ1v) is 9.24. The number of amides is 1. The Bertz CT molecular complexity index is 1160. The van der Waals surface area contributed by atoms with Crippen molar-refractivity contribution in [1.29, 1.82) is 0 Å². The summed E-state index contributed by atoms with van der Waals surface area (Å²) in [5.74, 6) is -0.0841. The van der Waals surface area contributed by atoms with Crippen LogP contribution < -0.4 is 10.9 Å². The van der Waals surface area contributed by atoms with E-state index >= 15 is 0 Å². The van der Waals surface area contributed by atoms with Crippen molar-refractivity contribution in [3.8, 4) is 0 Å². The molecule has 7 heteroatoms. The number of thiophene rings is 1. The first kappa shape index (κ1) is 16.5. The summed E-state index contributed by atoms with van der Waals surface area (Å²) in [7, 11) is 0. The van der Waals surface area contributed by atoms with E-state index in [1.54, 1.807) is 11.3 Å². The van der Waals surface area contributed by atoms with E-state index in [9.17, 15) is 9.59 Å². The van der Waals surface area contributed by atoms with Crippen molar-refractivity contribution in [2.75, 3.05) is 0 Å². The fraction of sp³-hybridized carbons (Fsp3) is 0.211. The van der Waals surface area contributed by atoms with Gasteiger partial charge in [-0.05, 0) is 37.4 Å². The van der Waals surface area contributed by atoms with Crippen LogP contribution in [0.5, 0.6) is 0 Å². The summed E-state index contributed by atoms with van der Waals surface area (Å²) >= 11 is 1.61. The normalized spacial score (nSPS) is 12.5. The molecule has 0 aliphatic rings. The van der Waals surface area contributed by atoms with Gasteiger partial charge >= 0.3 is 0 Å². The molecule has 3 aromatic heterocycles. The number of hydrogen-bond donors (Lipinski definition) is 1. The smallest absolute Gasteiger partial charge is 0.273 e. The SMILES string of the molecule is Cc1cc(=O)nc2c3ccccc3n([C@H](C)C(=O)NCc3cccs3)n12.